The SMILES string of the molecule is CCCCC(=O)N[C@H](c1ccc(C)cc1)c1ccc2cccnc2c1O. The van der Waals surface area contributed by atoms with E-state index in [0.717, 1.165) is 29.4 Å². The van der Waals surface area contributed by atoms with Crippen LogP contribution in [-0.4, -0.2) is 16.0 Å². The van der Waals surface area contributed by atoms with Crippen molar-refractivity contribution in [2.45, 2.75) is 39.2 Å². The highest BCUT2D eigenvalue weighted by Crippen LogP contribution is 2.34. The van der Waals surface area contributed by atoms with Gasteiger partial charge in [0.05, 0.1) is 6.04 Å². The first-order chi connectivity index (χ1) is 12.6. The lowest BCUT2D eigenvalue weighted by Gasteiger charge is -2.21. The first-order valence-electron chi connectivity index (χ1n) is 9.02. The third-order valence-electron chi connectivity index (χ3n) is 4.56. The van der Waals surface area contributed by atoms with Gasteiger partial charge in [0.1, 0.15) is 11.3 Å². The van der Waals surface area contributed by atoms with Crippen LogP contribution in [0.1, 0.15) is 48.9 Å². The number of nitrogens with zero attached hydrogens (tertiary/aromatic N) is 1. The Morgan fingerprint density at radius 1 is 1.15 bits per heavy atom. The molecule has 4 heteroatoms. The van der Waals surface area contributed by atoms with E-state index in [0.29, 0.717) is 17.5 Å². The molecular formula is C22H24N2O2. The van der Waals surface area contributed by atoms with Gasteiger partial charge < -0.3 is 10.4 Å². The fraction of sp³-hybridized carbons (Fsp3) is 0.273. The molecule has 3 aromatic rings. The number of aromatic nitrogens is 1. The van der Waals surface area contributed by atoms with Crippen LogP contribution in [0.3, 0.4) is 0 Å². The Hall–Kier alpha value is -2.88. The molecule has 2 N–H and O–H groups in total. The van der Waals surface area contributed by atoms with Gasteiger partial charge in [0.2, 0.25) is 5.91 Å². The number of hydrogen-bond donors (Lipinski definition) is 2. The number of aromatic hydroxyl groups is 1. The van der Waals surface area contributed by atoms with E-state index in [1.165, 1.54) is 0 Å². The van der Waals surface area contributed by atoms with Crippen LogP contribution in [0.15, 0.2) is 54.7 Å². The number of benzene rings is 2. The van der Waals surface area contributed by atoms with E-state index in [1.54, 1.807) is 6.20 Å². The smallest absolute Gasteiger partial charge is 0.220 e. The molecule has 26 heavy (non-hydrogen) atoms. The molecule has 4 nitrogen and oxygen atoms in total. The predicted octanol–water partition coefficient (Wildman–Crippen LogP) is 4.64. The second-order valence-electron chi connectivity index (χ2n) is 6.59. The van der Waals surface area contributed by atoms with Crippen LogP contribution in [0, 0.1) is 6.92 Å². The molecule has 1 heterocycles. The molecule has 3 rings (SSSR count). The summed E-state index contributed by atoms with van der Waals surface area (Å²) in [6.45, 7) is 4.08. The molecule has 0 aliphatic heterocycles. The van der Waals surface area contributed by atoms with E-state index in [1.807, 2.05) is 55.5 Å². The number of phenolic OH excluding ortho intramolecular Hbond substituents is 1. The third kappa shape index (κ3) is 3.85. The van der Waals surface area contributed by atoms with Gasteiger partial charge in [-0.3, -0.25) is 9.78 Å². The number of aryl methyl sites for hydroxylation is 1. The largest absolute Gasteiger partial charge is 0.505 e. The number of carbonyl (C=O) groups is 1. The lowest BCUT2D eigenvalue weighted by Crippen LogP contribution is -2.29. The molecule has 0 spiro atoms. The van der Waals surface area contributed by atoms with Gasteiger partial charge in [-0.1, -0.05) is 61.4 Å². The third-order valence-corrected chi connectivity index (χ3v) is 4.56. The van der Waals surface area contributed by atoms with Crippen LogP contribution in [0.5, 0.6) is 5.75 Å². The number of phenols is 1. The van der Waals surface area contributed by atoms with Crippen LogP contribution < -0.4 is 5.32 Å². The number of amides is 1. The second-order valence-corrected chi connectivity index (χ2v) is 6.59. The molecule has 0 unspecified atom stereocenters. The van der Waals surface area contributed by atoms with Gasteiger partial charge in [0.15, 0.2) is 0 Å². The van der Waals surface area contributed by atoms with E-state index < -0.39 is 6.04 Å². The quantitative estimate of drug-likeness (QED) is 0.682. The standard InChI is InChI=1S/C22H24N2O2/c1-3-4-7-19(25)24-20(17-10-8-15(2)9-11-17)18-13-12-16-6-5-14-23-21(16)22(18)26/h5-6,8-14,20,26H,3-4,7H2,1-2H3,(H,24,25)/t20-/m1/s1. The van der Waals surface area contributed by atoms with E-state index in [9.17, 15) is 9.90 Å². The molecule has 2 aromatic carbocycles. The van der Waals surface area contributed by atoms with Gasteiger partial charge in [0, 0.05) is 23.6 Å². The van der Waals surface area contributed by atoms with Crippen molar-refractivity contribution in [3.8, 4) is 5.75 Å². The van der Waals surface area contributed by atoms with Crippen molar-refractivity contribution >= 4 is 16.8 Å². The topological polar surface area (TPSA) is 62.2 Å². The van der Waals surface area contributed by atoms with Crippen LogP contribution >= 0.6 is 0 Å². The van der Waals surface area contributed by atoms with Gasteiger partial charge in [-0.15, -0.1) is 0 Å². The Bertz CT molecular complexity index is 904. The molecule has 1 aromatic heterocycles. The zero-order chi connectivity index (χ0) is 18.5. The average Bonchev–Trinajstić information content (AvgIpc) is 2.66. The Labute approximate surface area is 153 Å². The first-order valence-corrected chi connectivity index (χ1v) is 9.02. The summed E-state index contributed by atoms with van der Waals surface area (Å²) in [6, 6.07) is 15.1. The molecular weight excluding hydrogens is 324 g/mol. The fourth-order valence-electron chi connectivity index (χ4n) is 3.05. The van der Waals surface area contributed by atoms with Crippen molar-refractivity contribution in [2.75, 3.05) is 0 Å². The van der Waals surface area contributed by atoms with Gasteiger partial charge >= 0.3 is 0 Å². The predicted molar refractivity (Wildman–Crippen MR) is 104 cm³/mol. The highest BCUT2D eigenvalue weighted by molar-refractivity contribution is 5.86. The van der Waals surface area contributed by atoms with Crippen molar-refractivity contribution in [1.82, 2.24) is 10.3 Å². The zero-order valence-electron chi connectivity index (χ0n) is 15.2. The van der Waals surface area contributed by atoms with Crippen molar-refractivity contribution in [1.29, 1.82) is 0 Å². The Kier molecular flexibility index (Phi) is 5.52. The molecule has 0 saturated heterocycles. The fourth-order valence-corrected chi connectivity index (χ4v) is 3.05. The summed E-state index contributed by atoms with van der Waals surface area (Å²) in [4.78, 5) is 16.7. The number of unbranched alkanes of at least 4 members (excludes halogenated alkanes) is 1. The molecule has 0 bridgehead atoms. The molecule has 1 atom stereocenters. The average molecular weight is 348 g/mol. The molecule has 0 fully saturated rings. The lowest BCUT2D eigenvalue weighted by atomic mass is 9.95. The molecule has 1 amide bonds. The number of carbonyl (C=O) groups excluding carboxylic acids is 1. The Balaban J connectivity index is 2.03. The highest BCUT2D eigenvalue weighted by atomic mass is 16.3. The minimum absolute atomic E-state index is 0.0158. The monoisotopic (exact) mass is 348 g/mol. The van der Waals surface area contributed by atoms with Gasteiger partial charge in [-0.25, -0.2) is 0 Å². The Morgan fingerprint density at radius 3 is 2.65 bits per heavy atom. The van der Waals surface area contributed by atoms with Gasteiger partial charge in [0.25, 0.3) is 0 Å². The van der Waals surface area contributed by atoms with Gasteiger partial charge in [-0.2, -0.15) is 0 Å². The molecule has 0 radical (unpaired) electrons. The van der Waals surface area contributed by atoms with Crippen molar-refractivity contribution < 1.29 is 9.90 Å². The van der Waals surface area contributed by atoms with Gasteiger partial charge in [-0.05, 0) is 25.0 Å². The second kappa shape index (κ2) is 8.00. The lowest BCUT2D eigenvalue weighted by molar-refractivity contribution is -0.121. The van der Waals surface area contributed by atoms with E-state index >= 15 is 0 Å². The molecule has 0 saturated carbocycles. The van der Waals surface area contributed by atoms with E-state index in [-0.39, 0.29) is 11.7 Å². The van der Waals surface area contributed by atoms with E-state index in [2.05, 4.69) is 17.2 Å². The number of fused-ring (bicyclic) bond motifs is 1. The van der Waals surface area contributed by atoms with Crippen molar-refractivity contribution in [2.24, 2.45) is 0 Å². The summed E-state index contributed by atoms with van der Waals surface area (Å²) >= 11 is 0. The number of pyridine rings is 1. The summed E-state index contributed by atoms with van der Waals surface area (Å²) < 4.78 is 0. The number of nitrogens with one attached hydrogen (secondary N) is 1. The number of hydrogen-bond acceptors (Lipinski definition) is 3. The van der Waals surface area contributed by atoms with Crippen LogP contribution in [0.4, 0.5) is 0 Å². The summed E-state index contributed by atoms with van der Waals surface area (Å²) in [6.07, 6.45) is 3.95. The maximum atomic E-state index is 12.4. The van der Waals surface area contributed by atoms with Crippen LogP contribution in [-0.2, 0) is 4.79 Å². The highest BCUT2D eigenvalue weighted by Gasteiger charge is 2.21. The van der Waals surface area contributed by atoms with Crippen molar-refractivity contribution in [3.05, 3.63) is 71.4 Å². The molecule has 0 aliphatic carbocycles. The summed E-state index contributed by atoms with van der Waals surface area (Å²) in [5.41, 5.74) is 3.29. The maximum Gasteiger partial charge on any atom is 0.220 e. The molecule has 134 valence electrons. The van der Waals surface area contributed by atoms with E-state index in [4.69, 9.17) is 0 Å². The summed E-state index contributed by atoms with van der Waals surface area (Å²) in [5.74, 6) is 0.0995. The summed E-state index contributed by atoms with van der Waals surface area (Å²) in [5, 5.41) is 14.8. The van der Waals surface area contributed by atoms with Crippen molar-refractivity contribution in [3.63, 3.8) is 0 Å². The normalized spacial score (nSPS) is 12.1. The minimum atomic E-state index is -0.411. The summed E-state index contributed by atoms with van der Waals surface area (Å²) in [7, 11) is 0. The minimum Gasteiger partial charge on any atom is -0.505 e. The molecule has 0 aliphatic rings. The Morgan fingerprint density at radius 2 is 1.92 bits per heavy atom. The first kappa shape index (κ1) is 17.9. The maximum absolute atomic E-state index is 12.4. The van der Waals surface area contributed by atoms with Crippen LogP contribution in [0.2, 0.25) is 0 Å². The zero-order valence-corrected chi connectivity index (χ0v) is 15.2. The number of rotatable bonds is 6. The van der Waals surface area contributed by atoms with Crippen LogP contribution in [0.25, 0.3) is 10.9 Å².